The molecule has 3 aromatic rings. The monoisotopic (exact) mass is 443 g/mol. The lowest BCUT2D eigenvalue weighted by molar-refractivity contribution is -0.126. The molecule has 0 amide bonds. The number of Topliss-reactive ketones (excluding diaryl/α,β-unsaturated/α-hetero) is 1. The van der Waals surface area contributed by atoms with Crippen molar-refractivity contribution >= 4 is 18.2 Å². The van der Waals surface area contributed by atoms with Crippen LogP contribution in [0.5, 0.6) is 5.75 Å². The average molecular weight is 444 g/mol. The predicted octanol–water partition coefficient (Wildman–Crippen LogP) is 5.32. The molecule has 0 saturated carbocycles. The molecule has 162 valence electrons. The molecule has 1 saturated heterocycles. The van der Waals surface area contributed by atoms with Gasteiger partial charge in [-0.3, -0.25) is 9.69 Å². The molecule has 1 heterocycles. The van der Waals surface area contributed by atoms with Gasteiger partial charge in [-0.15, -0.1) is 12.4 Å². The number of piperidine rings is 1. The molecule has 0 radical (unpaired) electrons. The van der Waals surface area contributed by atoms with Gasteiger partial charge in [-0.1, -0.05) is 42.5 Å². The minimum absolute atomic E-state index is 0. The van der Waals surface area contributed by atoms with E-state index in [4.69, 9.17) is 0 Å². The maximum absolute atomic E-state index is 13.5. The van der Waals surface area contributed by atoms with E-state index < -0.39 is 0 Å². The standard InChI is InChI=1S/C25H23F2NO2.ClH/c26-20-9-5-17(6-10-20)25(18-7-11-21(27)12-8-18)22-16-28(14-13-24(22)30)15-19-3-1-2-4-23(19)29;/h1-12,22,25,29H,13-16H2;1H. The Morgan fingerprint density at radius 3 is 2.00 bits per heavy atom. The highest BCUT2D eigenvalue weighted by molar-refractivity contribution is 5.85. The molecule has 1 unspecified atom stereocenters. The number of carbonyl (C=O) groups excluding carboxylic acids is 1. The molecular weight excluding hydrogens is 420 g/mol. The summed E-state index contributed by atoms with van der Waals surface area (Å²) in [6, 6.07) is 19.5. The van der Waals surface area contributed by atoms with Crippen molar-refractivity contribution in [3.63, 3.8) is 0 Å². The maximum atomic E-state index is 13.5. The number of para-hydroxylation sites is 1. The van der Waals surface area contributed by atoms with Gasteiger partial charge in [0.15, 0.2) is 0 Å². The summed E-state index contributed by atoms with van der Waals surface area (Å²) in [7, 11) is 0. The van der Waals surface area contributed by atoms with Crippen molar-refractivity contribution < 1.29 is 18.7 Å². The zero-order valence-corrected chi connectivity index (χ0v) is 17.7. The Balaban J connectivity index is 0.00000272. The highest BCUT2D eigenvalue weighted by Gasteiger charge is 2.35. The van der Waals surface area contributed by atoms with Gasteiger partial charge in [0.1, 0.15) is 23.2 Å². The number of hydrogen-bond donors (Lipinski definition) is 1. The first-order valence-electron chi connectivity index (χ1n) is 10.0. The van der Waals surface area contributed by atoms with Gasteiger partial charge in [0.25, 0.3) is 0 Å². The molecule has 1 atom stereocenters. The molecule has 6 heteroatoms. The van der Waals surface area contributed by atoms with Gasteiger partial charge in [0.2, 0.25) is 0 Å². The number of carbonyl (C=O) groups is 1. The quantitative estimate of drug-likeness (QED) is 0.580. The largest absolute Gasteiger partial charge is 0.508 e. The summed E-state index contributed by atoms with van der Waals surface area (Å²) in [5.74, 6) is -0.950. The van der Waals surface area contributed by atoms with Crippen molar-refractivity contribution in [1.82, 2.24) is 4.90 Å². The summed E-state index contributed by atoms with van der Waals surface area (Å²) >= 11 is 0. The second-order valence-corrected chi connectivity index (χ2v) is 7.77. The minimum Gasteiger partial charge on any atom is -0.508 e. The van der Waals surface area contributed by atoms with Crippen molar-refractivity contribution in [2.24, 2.45) is 5.92 Å². The lowest BCUT2D eigenvalue weighted by atomic mass is 9.76. The van der Waals surface area contributed by atoms with Gasteiger partial charge >= 0.3 is 0 Å². The van der Waals surface area contributed by atoms with E-state index in [0.717, 1.165) is 16.7 Å². The minimum atomic E-state index is -0.347. The summed E-state index contributed by atoms with van der Waals surface area (Å²) < 4.78 is 27.0. The lowest BCUT2D eigenvalue weighted by Crippen LogP contribution is -2.43. The smallest absolute Gasteiger partial charge is 0.139 e. The molecule has 0 spiro atoms. The summed E-state index contributed by atoms with van der Waals surface area (Å²) in [5.41, 5.74) is 2.46. The number of hydrogen-bond acceptors (Lipinski definition) is 3. The van der Waals surface area contributed by atoms with Gasteiger partial charge in [-0.25, -0.2) is 8.78 Å². The van der Waals surface area contributed by atoms with Gasteiger partial charge < -0.3 is 5.11 Å². The van der Waals surface area contributed by atoms with Crippen LogP contribution in [0.3, 0.4) is 0 Å². The molecule has 0 aromatic heterocycles. The zero-order valence-electron chi connectivity index (χ0n) is 16.9. The van der Waals surface area contributed by atoms with E-state index in [0.29, 0.717) is 26.1 Å². The fourth-order valence-corrected chi connectivity index (χ4v) is 4.24. The van der Waals surface area contributed by atoms with E-state index in [1.54, 1.807) is 36.4 Å². The van der Waals surface area contributed by atoms with Crippen molar-refractivity contribution in [2.45, 2.75) is 18.9 Å². The second-order valence-electron chi connectivity index (χ2n) is 7.77. The van der Waals surface area contributed by atoms with Crippen LogP contribution < -0.4 is 0 Å². The number of rotatable bonds is 5. The normalized spacial score (nSPS) is 16.9. The van der Waals surface area contributed by atoms with Crippen LogP contribution in [-0.2, 0) is 11.3 Å². The van der Waals surface area contributed by atoms with Crippen LogP contribution in [0.2, 0.25) is 0 Å². The lowest BCUT2D eigenvalue weighted by Gasteiger charge is -2.36. The Morgan fingerprint density at radius 1 is 0.903 bits per heavy atom. The first kappa shape index (κ1) is 22.9. The Hall–Kier alpha value is -2.76. The summed E-state index contributed by atoms with van der Waals surface area (Å²) in [6.45, 7) is 1.66. The van der Waals surface area contributed by atoms with Crippen LogP contribution >= 0.6 is 12.4 Å². The van der Waals surface area contributed by atoms with Crippen LogP contribution in [-0.4, -0.2) is 28.9 Å². The van der Waals surface area contributed by atoms with Crippen LogP contribution in [0.1, 0.15) is 29.0 Å². The van der Waals surface area contributed by atoms with Crippen molar-refractivity contribution in [3.05, 3.63) is 101 Å². The second kappa shape index (κ2) is 10.0. The molecule has 1 fully saturated rings. The van der Waals surface area contributed by atoms with Gasteiger partial charge in [0, 0.05) is 43.5 Å². The van der Waals surface area contributed by atoms with E-state index in [1.807, 2.05) is 12.1 Å². The zero-order chi connectivity index (χ0) is 21.1. The number of phenolic OH excluding ortho intramolecular Hbond substituents is 1. The predicted molar refractivity (Wildman–Crippen MR) is 118 cm³/mol. The van der Waals surface area contributed by atoms with Gasteiger partial charge in [-0.05, 0) is 41.5 Å². The van der Waals surface area contributed by atoms with Crippen LogP contribution in [0.25, 0.3) is 0 Å². The number of aromatic hydroxyl groups is 1. The molecule has 3 aromatic carbocycles. The first-order valence-corrected chi connectivity index (χ1v) is 10.0. The molecule has 1 N–H and O–H groups in total. The molecule has 4 rings (SSSR count). The summed E-state index contributed by atoms with van der Waals surface area (Å²) in [4.78, 5) is 15.1. The molecule has 3 nitrogen and oxygen atoms in total. The van der Waals surface area contributed by atoms with E-state index >= 15 is 0 Å². The van der Waals surface area contributed by atoms with E-state index in [-0.39, 0.29) is 47.4 Å². The topological polar surface area (TPSA) is 40.5 Å². The highest BCUT2D eigenvalue weighted by Crippen LogP contribution is 2.36. The SMILES string of the molecule is Cl.O=C1CCN(Cc2ccccc2O)CC1C(c1ccc(F)cc1)c1ccc(F)cc1. The van der Waals surface area contributed by atoms with E-state index in [2.05, 4.69) is 4.90 Å². The number of halogens is 3. The fraction of sp³-hybridized carbons (Fsp3) is 0.240. The fourth-order valence-electron chi connectivity index (χ4n) is 4.24. The van der Waals surface area contributed by atoms with E-state index in [9.17, 15) is 18.7 Å². The molecule has 1 aliphatic rings. The van der Waals surface area contributed by atoms with Crippen LogP contribution in [0.4, 0.5) is 8.78 Å². The Bertz CT molecular complexity index is 979. The maximum Gasteiger partial charge on any atom is 0.139 e. The Labute approximate surface area is 186 Å². The highest BCUT2D eigenvalue weighted by atomic mass is 35.5. The third-order valence-electron chi connectivity index (χ3n) is 5.79. The third-order valence-corrected chi connectivity index (χ3v) is 5.79. The van der Waals surface area contributed by atoms with Crippen molar-refractivity contribution in [3.8, 4) is 5.75 Å². The van der Waals surface area contributed by atoms with Crippen molar-refractivity contribution in [1.29, 1.82) is 0 Å². The molecule has 0 bridgehead atoms. The molecule has 0 aliphatic carbocycles. The van der Waals surface area contributed by atoms with Crippen LogP contribution in [0.15, 0.2) is 72.8 Å². The van der Waals surface area contributed by atoms with Gasteiger partial charge in [0.05, 0.1) is 0 Å². The Morgan fingerprint density at radius 2 is 1.45 bits per heavy atom. The summed E-state index contributed by atoms with van der Waals surface area (Å²) in [5, 5.41) is 10.1. The number of benzene rings is 3. The number of likely N-dealkylation sites (tertiary alicyclic amines) is 1. The number of nitrogens with zero attached hydrogens (tertiary/aromatic N) is 1. The average Bonchev–Trinajstić information content (AvgIpc) is 2.75. The third kappa shape index (κ3) is 5.30. The van der Waals surface area contributed by atoms with E-state index in [1.165, 1.54) is 24.3 Å². The van der Waals surface area contributed by atoms with Gasteiger partial charge in [-0.2, -0.15) is 0 Å². The number of ketones is 1. The molecule has 1 aliphatic heterocycles. The van der Waals surface area contributed by atoms with Crippen molar-refractivity contribution in [2.75, 3.05) is 13.1 Å². The summed E-state index contributed by atoms with van der Waals surface area (Å²) in [6.07, 6.45) is 0.400. The van der Waals surface area contributed by atoms with Crippen LogP contribution in [0, 0.1) is 17.6 Å². The number of phenols is 1. The molecular formula is C25H24ClF2NO2. The molecule has 31 heavy (non-hydrogen) atoms. The Kier molecular flexibility index (Phi) is 7.42. The first-order chi connectivity index (χ1) is 14.5.